The molecule has 1 aliphatic heterocycles. The lowest BCUT2D eigenvalue weighted by atomic mass is 10.0. The summed E-state index contributed by atoms with van der Waals surface area (Å²) in [6.45, 7) is 2.54. The lowest BCUT2D eigenvalue weighted by Gasteiger charge is -2.24. The molecule has 0 saturated carbocycles. The summed E-state index contributed by atoms with van der Waals surface area (Å²) in [6, 6.07) is 10.0. The number of nitrogens with one attached hydrogen (secondary N) is 1. The first-order chi connectivity index (χ1) is 10.4. The van der Waals surface area contributed by atoms with Gasteiger partial charge in [0.2, 0.25) is 0 Å². The normalized spacial score (nSPS) is 20.4. The van der Waals surface area contributed by atoms with E-state index in [1.807, 2.05) is 35.6 Å². The van der Waals surface area contributed by atoms with E-state index in [1.165, 1.54) is 5.56 Å². The van der Waals surface area contributed by atoms with Crippen molar-refractivity contribution in [3.05, 3.63) is 35.9 Å². The van der Waals surface area contributed by atoms with Crippen molar-refractivity contribution in [3.63, 3.8) is 0 Å². The van der Waals surface area contributed by atoms with Crippen LogP contribution in [0, 0.1) is 5.92 Å². The van der Waals surface area contributed by atoms with E-state index in [0.29, 0.717) is 6.54 Å². The highest BCUT2D eigenvalue weighted by Crippen LogP contribution is 2.19. The van der Waals surface area contributed by atoms with Gasteiger partial charge in [0, 0.05) is 19.6 Å². The highest BCUT2D eigenvalue weighted by molar-refractivity contribution is 5.81. The van der Waals surface area contributed by atoms with Crippen molar-refractivity contribution in [2.45, 2.75) is 32.0 Å². The molecule has 3 nitrogen and oxygen atoms in total. The first-order valence-electron chi connectivity index (χ1n) is 7.56. The number of carbonyl (C=O) groups excluding carboxylic acids is 1. The van der Waals surface area contributed by atoms with Crippen molar-refractivity contribution in [1.29, 1.82) is 0 Å². The Bertz CT molecular complexity index is 476. The summed E-state index contributed by atoms with van der Waals surface area (Å²) in [7, 11) is 0. The highest BCUT2D eigenvalue weighted by atomic mass is 19.4. The number of likely N-dealkylation sites (tertiary alicyclic amines) is 1. The molecular formula is C16H21F3N2O. The predicted molar refractivity (Wildman–Crippen MR) is 78.1 cm³/mol. The van der Waals surface area contributed by atoms with Gasteiger partial charge in [-0.1, -0.05) is 36.8 Å². The van der Waals surface area contributed by atoms with Gasteiger partial charge in [0.25, 0.3) is 0 Å². The Labute approximate surface area is 128 Å². The first kappa shape index (κ1) is 16.8. The lowest BCUT2D eigenvalue weighted by Crippen LogP contribution is -2.41. The van der Waals surface area contributed by atoms with Crippen LogP contribution < -0.4 is 5.32 Å². The molecule has 0 bridgehead atoms. The molecule has 1 heterocycles. The largest absolute Gasteiger partial charge is 0.471 e. The molecule has 1 aromatic rings. The summed E-state index contributed by atoms with van der Waals surface area (Å²) in [5, 5.41) is 2.01. The van der Waals surface area contributed by atoms with E-state index in [9.17, 15) is 18.0 Å². The summed E-state index contributed by atoms with van der Waals surface area (Å²) in [5.74, 6) is -1.77. The number of amides is 1. The molecule has 22 heavy (non-hydrogen) atoms. The number of benzene rings is 1. The number of alkyl halides is 3. The average molecular weight is 314 g/mol. The van der Waals surface area contributed by atoms with E-state index >= 15 is 0 Å². The minimum absolute atomic E-state index is 0.0671. The molecule has 1 aromatic carbocycles. The van der Waals surface area contributed by atoms with Crippen LogP contribution in [-0.4, -0.2) is 36.6 Å². The van der Waals surface area contributed by atoms with Crippen molar-refractivity contribution >= 4 is 5.91 Å². The number of nitrogens with zero attached hydrogens (tertiary/aromatic N) is 1. The van der Waals surface area contributed by atoms with E-state index in [-0.39, 0.29) is 12.5 Å². The molecule has 1 unspecified atom stereocenters. The molecule has 6 heteroatoms. The molecule has 0 radical (unpaired) electrons. The zero-order chi connectivity index (χ0) is 16.0. The quantitative estimate of drug-likeness (QED) is 0.927. The third kappa shape index (κ3) is 5.33. The van der Waals surface area contributed by atoms with Crippen LogP contribution >= 0.6 is 0 Å². The summed E-state index contributed by atoms with van der Waals surface area (Å²) >= 11 is 0. The van der Waals surface area contributed by atoms with Crippen LogP contribution in [0.25, 0.3) is 0 Å². The Kier molecular flexibility index (Phi) is 5.83. The zero-order valence-electron chi connectivity index (χ0n) is 12.4. The topological polar surface area (TPSA) is 32.3 Å². The number of halogens is 3. The van der Waals surface area contributed by atoms with Gasteiger partial charge in [0.15, 0.2) is 0 Å². The number of carbonyl (C=O) groups is 1. The van der Waals surface area contributed by atoms with Gasteiger partial charge >= 0.3 is 12.1 Å². The van der Waals surface area contributed by atoms with E-state index in [1.54, 1.807) is 0 Å². The number of hydrogen-bond donors (Lipinski definition) is 1. The Morgan fingerprint density at radius 1 is 1.23 bits per heavy atom. The fourth-order valence-corrected chi connectivity index (χ4v) is 2.81. The van der Waals surface area contributed by atoms with Gasteiger partial charge in [-0.15, -0.1) is 0 Å². The zero-order valence-corrected chi connectivity index (χ0v) is 12.4. The Balaban J connectivity index is 1.86. The predicted octanol–water partition coefficient (Wildman–Crippen LogP) is 2.97. The van der Waals surface area contributed by atoms with Crippen molar-refractivity contribution in [1.82, 2.24) is 10.2 Å². The van der Waals surface area contributed by atoms with E-state index in [0.717, 1.165) is 32.4 Å². The molecule has 0 aliphatic carbocycles. The minimum Gasteiger partial charge on any atom is -0.348 e. The second-order valence-electron chi connectivity index (χ2n) is 5.79. The van der Waals surface area contributed by atoms with E-state index in [4.69, 9.17) is 0 Å². The van der Waals surface area contributed by atoms with Gasteiger partial charge in [0.05, 0.1) is 0 Å². The second-order valence-corrected chi connectivity index (χ2v) is 5.79. The van der Waals surface area contributed by atoms with Crippen molar-refractivity contribution in [3.8, 4) is 0 Å². The third-order valence-electron chi connectivity index (χ3n) is 3.91. The summed E-state index contributed by atoms with van der Waals surface area (Å²) in [5.41, 5.74) is 1.20. The standard InChI is InChI=1S/C16H21F3N2O/c17-16(18,19)15(22)20-10-14-8-4-5-9-21(12-14)11-13-6-2-1-3-7-13/h1-3,6-7,14H,4-5,8-12H2,(H,20,22). The molecule has 1 aliphatic rings. The molecular weight excluding hydrogens is 293 g/mol. The fourth-order valence-electron chi connectivity index (χ4n) is 2.81. The van der Waals surface area contributed by atoms with Gasteiger partial charge in [-0.3, -0.25) is 9.69 Å². The van der Waals surface area contributed by atoms with Crippen LogP contribution in [0.3, 0.4) is 0 Å². The van der Waals surface area contributed by atoms with Gasteiger partial charge in [-0.05, 0) is 30.9 Å². The molecule has 1 atom stereocenters. The number of rotatable bonds is 4. The maximum Gasteiger partial charge on any atom is 0.471 e. The van der Waals surface area contributed by atoms with Gasteiger partial charge in [-0.25, -0.2) is 0 Å². The number of hydrogen-bond acceptors (Lipinski definition) is 2. The van der Waals surface area contributed by atoms with E-state index in [2.05, 4.69) is 4.90 Å². The molecule has 122 valence electrons. The molecule has 2 rings (SSSR count). The average Bonchev–Trinajstić information content (AvgIpc) is 2.70. The summed E-state index contributed by atoms with van der Waals surface area (Å²) < 4.78 is 36.7. The van der Waals surface area contributed by atoms with Crippen LogP contribution in [-0.2, 0) is 11.3 Å². The van der Waals surface area contributed by atoms with Crippen LogP contribution in [0.4, 0.5) is 13.2 Å². The van der Waals surface area contributed by atoms with Gasteiger partial charge in [0.1, 0.15) is 0 Å². The van der Waals surface area contributed by atoms with Crippen LogP contribution in [0.1, 0.15) is 24.8 Å². The van der Waals surface area contributed by atoms with Crippen LogP contribution in [0.2, 0.25) is 0 Å². The maximum atomic E-state index is 12.2. The lowest BCUT2D eigenvalue weighted by molar-refractivity contribution is -0.173. The van der Waals surface area contributed by atoms with Crippen LogP contribution in [0.15, 0.2) is 30.3 Å². The Morgan fingerprint density at radius 2 is 1.95 bits per heavy atom. The molecule has 1 amide bonds. The monoisotopic (exact) mass is 314 g/mol. The van der Waals surface area contributed by atoms with Crippen LogP contribution in [0.5, 0.6) is 0 Å². The minimum atomic E-state index is -4.80. The summed E-state index contributed by atoms with van der Waals surface area (Å²) in [4.78, 5) is 13.2. The van der Waals surface area contributed by atoms with Gasteiger partial charge < -0.3 is 5.32 Å². The third-order valence-corrected chi connectivity index (χ3v) is 3.91. The molecule has 1 fully saturated rings. The molecule has 0 spiro atoms. The Morgan fingerprint density at radius 3 is 2.64 bits per heavy atom. The van der Waals surface area contributed by atoms with Gasteiger partial charge in [-0.2, -0.15) is 13.2 Å². The fraction of sp³-hybridized carbons (Fsp3) is 0.562. The first-order valence-corrected chi connectivity index (χ1v) is 7.56. The van der Waals surface area contributed by atoms with Crippen molar-refractivity contribution < 1.29 is 18.0 Å². The smallest absolute Gasteiger partial charge is 0.348 e. The molecule has 0 aromatic heterocycles. The van der Waals surface area contributed by atoms with Crippen molar-refractivity contribution in [2.75, 3.05) is 19.6 Å². The van der Waals surface area contributed by atoms with E-state index < -0.39 is 12.1 Å². The highest BCUT2D eigenvalue weighted by Gasteiger charge is 2.38. The maximum absolute atomic E-state index is 12.2. The molecule has 1 N–H and O–H groups in total. The Hall–Kier alpha value is -1.56. The van der Waals surface area contributed by atoms with Crippen molar-refractivity contribution in [2.24, 2.45) is 5.92 Å². The second kappa shape index (κ2) is 7.63. The molecule has 1 saturated heterocycles. The summed E-state index contributed by atoms with van der Waals surface area (Å²) in [6.07, 6.45) is -1.92. The SMILES string of the molecule is O=C(NCC1CCCCN(Cc2ccccc2)C1)C(F)(F)F.